The van der Waals surface area contributed by atoms with Gasteiger partial charge in [0, 0.05) is 5.69 Å². The van der Waals surface area contributed by atoms with Crippen LogP contribution in [-0.4, -0.2) is 25.3 Å². The summed E-state index contributed by atoms with van der Waals surface area (Å²) in [4.78, 5) is 10.7. The summed E-state index contributed by atoms with van der Waals surface area (Å²) in [5, 5.41) is 1.68. The number of rotatable bonds is 2. The molecule has 0 bridgehead atoms. The van der Waals surface area contributed by atoms with Crippen molar-refractivity contribution in [2.24, 2.45) is 0 Å². The molecule has 1 heterocycles. The van der Waals surface area contributed by atoms with Crippen LogP contribution >= 0.6 is 0 Å². The third kappa shape index (κ3) is 2.45. The van der Waals surface area contributed by atoms with Gasteiger partial charge in [0.15, 0.2) is 5.67 Å². The molecule has 0 atom stereocenters. The van der Waals surface area contributed by atoms with E-state index in [4.69, 9.17) is 4.74 Å². The molecule has 98 valence electrons. The quantitative estimate of drug-likeness (QED) is 0.832. The summed E-state index contributed by atoms with van der Waals surface area (Å²) in [5.41, 5.74) is -1.30. The Hall–Kier alpha value is -1.63. The topological polar surface area (TPSA) is 38.3 Å². The summed E-state index contributed by atoms with van der Waals surface area (Å²) in [7, 11) is 0. The van der Waals surface area contributed by atoms with E-state index >= 15 is 0 Å². The molecule has 1 aliphatic rings. The lowest BCUT2D eigenvalue weighted by atomic mass is 9.94. The molecule has 0 aromatic heterocycles. The first-order chi connectivity index (χ1) is 8.31. The molecule has 0 aliphatic carbocycles. The van der Waals surface area contributed by atoms with Gasteiger partial charge in [-0.3, -0.25) is 4.79 Å². The van der Waals surface area contributed by atoms with E-state index in [1.165, 1.54) is 24.3 Å². The van der Waals surface area contributed by atoms with Gasteiger partial charge < -0.3 is 10.1 Å². The van der Waals surface area contributed by atoms with Crippen LogP contribution in [-0.2, 0) is 15.2 Å². The van der Waals surface area contributed by atoms with Crippen molar-refractivity contribution in [3.8, 4) is 0 Å². The van der Waals surface area contributed by atoms with E-state index in [-0.39, 0.29) is 18.9 Å². The first-order valence-electron chi connectivity index (χ1n) is 5.07. The zero-order chi connectivity index (χ0) is 13.4. The van der Waals surface area contributed by atoms with E-state index in [1.807, 2.05) is 0 Å². The molecular formula is C11H9F4NO2. The molecule has 1 N–H and O–H groups in total. The fourth-order valence-corrected chi connectivity index (χ4v) is 1.50. The van der Waals surface area contributed by atoms with Gasteiger partial charge >= 0.3 is 12.1 Å². The maximum atomic E-state index is 13.8. The van der Waals surface area contributed by atoms with Gasteiger partial charge in [-0.2, -0.15) is 13.2 Å². The lowest BCUT2D eigenvalue weighted by molar-refractivity contribution is -0.167. The van der Waals surface area contributed by atoms with Crippen LogP contribution in [0.1, 0.15) is 5.56 Å². The van der Waals surface area contributed by atoms with E-state index < -0.39 is 17.8 Å². The maximum absolute atomic E-state index is 13.8. The van der Waals surface area contributed by atoms with E-state index in [0.717, 1.165) is 0 Å². The van der Waals surface area contributed by atoms with Gasteiger partial charge in [-0.05, 0) is 17.7 Å². The van der Waals surface area contributed by atoms with E-state index in [1.54, 1.807) is 5.32 Å². The van der Waals surface area contributed by atoms with Crippen LogP contribution in [0.2, 0.25) is 0 Å². The van der Waals surface area contributed by atoms with Gasteiger partial charge in [0.25, 0.3) is 0 Å². The number of carbonyl (C=O) groups is 1. The third-order valence-corrected chi connectivity index (χ3v) is 2.58. The number of amides is 1. The Bertz CT molecular complexity index is 451. The van der Waals surface area contributed by atoms with E-state index in [2.05, 4.69) is 0 Å². The van der Waals surface area contributed by atoms with Gasteiger partial charge in [-0.1, -0.05) is 12.1 Å². The molecule has 1 aromatic rings. The number of alkyl halides is 4. The van der Waals surface area contributed by atoms with Crippen molar-refractivity contribution in [1.82, 2.24) is 0 Å². The van der Waals surface area contributed by atoms with Crippen LogP contribution in [0, 0.1) is 0 Å². The molecule has 0 unspecified atom stereocenters. The van der Waals surface area contributed by atoms with E-state index in [0.29, 0.717) is 5.56 Å². The minimum Gasteiger partial charge on any atom is -0.374 e. The molecule has 18 heavy (non-hydrogen) atoms. The monoisotopic (exact) mass is 263 g/mol. The zero-order valence-electron chi connectivity index (χ0n) is 9.05. The second-order valence-corrected chi connectivity index (χ2v) is 3.99. The number of benzene rings is 1. The lowest BCUT2D eigenvalue weighted by Gasteiger charge is -2.34. The number of carbonyl (C=O) groups excluding carboxylic acids is 1. The average Bonchev–Trinajstić information content (AvgIpc) is 2.25. The summed E-state index contributed by atoms with van der Waals surface area (Å²) in [5.74, 6) is -2.06. The van der Waals surface area contributed by atoms with Crippen molar-refractivity contribution < 1.29 is 27.1 Å². The van der Waals surface area contributed by atoms with Gasteiger partial charge in [0.05, 0.1) is 13.2 Å². The first-order valence-corrected chi connectivity index (χ1v) is 5.07. The van der Waals surface area contributed by atoms with Crippen molar-refractivity contribution in [2.45, 2.75) is 11.8 Å². The Kier molecular flexibility index (Phi) is 3.02. The second-order valence-electron chi connectivity index (χ2n) is 3.99. The van der Waals surface area contributed by atoms with Crippen LogP contribution in [0.5, 0.6) is 0 Å². The Balaban J connectivity index is 2.06. The van der Waals surface area contributed by atoms with Crippen LogP contribution in [0.4, 0.5) is 23.2 Å². The lowest BCUT2D eigenvalue weighted by Crippen LogP contribution is -2.42. The van der Waals surface area contributed by atoms with Crippen LogP contribution in [0.3, 0.4) is 0 Å². The number of hydrogen-bond acceptors (Lipinski definition) is 2. The van der Waals surface area contributed by atoms with Crippen molar-refractivity contribution in [3.05, 3.63) is 29.8 Å². The molecule has 2 rings (SSSR count). The minimum absolute atomic E-state index is 0.0371. The van der Waals surface area contributed by atoms with Crippen molar-refractivity contribution in [1.29, 1.82) is 0 Å². The Morgan fingerprint density at radius 1 is 1.22 bits per heavy atom. The number of halogens is 4. The van der Waals surface area contributed by atoms with Gasteiger partial charge in [-0.25, -0.2) is 4.39 Å². The molecule has 1 aliphatic heterocycles. The fraction of sp³-hybridized carbons (Fsp3) is 0.364. The average molecular weight is 263 g/mol. The minimum atomic E-state index is -4.94. The van der Waals surface area contributed by atoms with Crippen LogP contribution < -0.4 is 5.32 Å². The maximum Gasteiger partial charge on any atom is 0.471 e. The first kappa shape index (κ1) is 12.8. The largest absolute Gasteiger partial charge is 0.471 e. The smallest absolute Gasteiger partial charge is 0.374 e. The molecule has 1 amide bonds. The molecule has 1 fully saturated rings. The number of anilines is 1. The van der Waals surface area contributed by atoms with Gasteiger partial charge in [-0.15, -0.1) is 0 Å². The van der Waals surface area contributed by atoms with Crippen molar-refractivity contribution in [3.63, 3.8) is 0 Å². The third-order valence-electron chi connectivity index (χ3n) is 2.58. The SMILES string of the molecule is O=C(Nc1ccc(C2(F)COC2)cc1)C(F)(F)F. The summed E-state index contributed by atoms with van der Waals surface area (Å²) >= 11 is 0. The summed E-state index contributed by atoms with van der Waals surface area (Å²) < 4.78 is 54.5. The number of nitrogens with one attached hydrogen (secondary N) is 1. The molecule has 7 heteroatoms. The molecular weight excluding hydrogens is 254 g/mol. The molecule has 0 radical (unpaired) electrons. The van der Waals surface area contributed by atoms with Crippen molar-refractivity contribution in [2.75, 3.05) is 18.5 Å². The second kappa shape index (κ2) is 4.24. The van der Waals surface area contributed by atoms with Crippen molar-refractivity contribution >= 4 is 11.6 Å². The molecule has 3 nitrogen and oxygen atoms in total. The Labute approximate surface area is 99.7 Å². The summed E-state index contributed by atoms with van der Waals surface area (Å²) in [6.45, 7) is -0.136. The highest BCUT2D eigenvalue weighted by Gasteiger charge is 2.41. The normalized spacial score (nSPS) is 18.0. The standard InChI is InChI=1S/C11H9F4NO2/c12-10(5-18-6-10)7-1-3-8(4-2-7)16-9(17)11(13,14)15/h1-4H,5-6H2,(H,16,17). The molecule has 1 aromatic carbocycles. The Morgan fingerprint density at radius 2 is 1.78 bits per heavy atom. The summed E-state index contributed by atoms with van der Waals surface area (Å²) in [6, 6.07) is 5.10. The molecule has 0 saturated carbocycles. The fourth-order valence-electron chi connectivity index (χ4n) is 1.50. The predicted molar refractivity (Wildman–Crippen MR) is 54.7 cm³/mol. The van der Waals surface area contributed by atoms with Crippen LogP contribution in [0.25, 0.3) is 0 Å². The van der Waals surface area contributed by atoms with Crippen LogP contribution in [0.15, 0.2) is 24.3 Å². The Morgan fingerprint density at radius 3 is 2.17 bits per heavy atom. The highest BCUT2D eigenvalue weighted by molar-refractivity contribution is 5.94. The molecule has 0 spiro atoms. The van der Waals surface area contributed by atoms with Gasteiger partial charge in [0.1, 0.15) is 0 Å². The number of hydrogen-bond donors (Lipinski definition) is 1. The zero-order valence-corrected chi connectivity index (χ0v) is 9.05. The van der Waals surface area contributed by atoms with E-state index in [9.17, 15) is 22.4 Å². The predicted octanol–water partition coefficient (Wildman–Crippen LogP) is 2.38. The molecule has 1 saturated heterocycles. The summed E-state index contributed by atoms with van der Waals surface area (Å²) in [6.07, 6.45) is -4.94. The number of ether oxygens (including phenoxy) is 1. The highest BCUT2D eigenvalue weighted by Crippen LogP contribution is 2.34. The van der Waals surface area contributed by atoms with Gasteiger partial charge in [0.2, 0.25) is 0 Å². The highest BCUT2D eigenvalue weighted by atomic mass is 19.4.